The van der Waals surface area contributed by atoms with E-state index in [9.17, 15) is 0 Å². The van der Waals surface area contributed by atoms with E-state index in [2.05, 4.69) is 11.9 Å². The molecule has 2 N–H and O–H groups in total. The van der Waals surface area contributed by atoms with E-state index in [4.69, 9.17) is 14.9 Å². The van der Waals surface area contributed by atoms with Gasteiger partial charge in [0.25, 0.3) is 0 Å². The first-order chi connectivity index (χ1) is 10.2. The zero-order valence-corrected chi connectivity index (χ0v) is 12.8. The molecule has 0 radical (unpaired) electrons. The molecule has 0 amide bonds. The summed E-state index contributed by atoms with van der Waals surface area (Å²) in [6.45, 7) is 5.05. The lowest BCUT2D eigenvalue weighted by atomic mass is 10.2. The maximum Gasteiger partial charge on any atom is 0.119 e. The smallest absolute Gasteiger partial charge is 0.119 e. The topological polar surface area (TPSA) is 51.6 Å². The van der Waals surface area contributed by atoms with Crippen LogP contribution in [0.2, 0.25) is 0 Å². The molecule has 21 heavy (non-hydrogen) atoms. The molecule has 0 saturated carbocycles. The van der Waals surface area contributed by atoms with E-state index in [1.54, 1.807) is 0 Å². The lowest BCUT2D eigenvalue weighted by molar-refractivity contribution is 0.246. The molecule has 1 aromatic carbocycles. The number of hydrogen-bond donors (Lipinski definition) is 1. The Bertz CT molecular complexity index is 534. The molecule has 2 rings (SSSR count). The molecule has 2 aromatic rings. The summed E-state index contributed by atoms with van der Waals surface area (Å²) < 4.78 is 11.3. The molecule has 1 heterocycles. The fourth-order valence-electron chi connectivity index (χ4n) is 2.16. The largest absolute Gasteiger partial charge is 0.494 e. The second-order valence-corrected chi connectivity index (χ2v) is 5.30. The van der Waals surface area contributed by atoms with Crippen molar-refractivity contribution in [3.8, 4) is 5.75 Å². The Labute approximate surface area is 126 Å². The van der Waals surface area contributed by atoms with Crippen LogP contribution in [0.1, 0.15) is 23.5 Å². The molecule has 0 aliphatic rings. The van der Waals surface area contributed by atoms with Crippen molar-refractivity contribution in [3.63, 3.8) is 0 Å². The predicted molar refractivity (Wildman–Crippen MR) is 84.2 cm³/mol. The fourth-order valence-corrected chi connectivity index (χ4v) is 2.16. The fraction of sp³-hybridized carbons (Fsp3) is 0.412. The Morgan fingerprint density at radius 2 is 1.90 bits per heavy atom. The quantitative estimate of drug-likeness (QED) is 0.759. The van der Waals surface area contributed by atoms with Gasteiger partial charge in [0, 0.05) is 13.1 Å². The summed E-state index contributed by atoms with van der Waals surface area (Å²) in [4.78, 5) is 2.24. The Morgan fingerprint density at radius 1 is 1.14 bits per heavy atom. The molecule has 1 aromatic heterocycles. The van der Waals surface area contributed by atoms with Gasteiger partial charge in [0.1, 0.15) is 17.3 Å². The van der Waals surface area contributed by atoms with E-state index >= 15 is 0 Å². The Balaban J connectivity index is 1.64. The number of ether oxygens (including phenoxy) is 1. The summed E-state index contributed by atoms with van der Waals surface area (Å²) in [6.07, 6.45) is 0.981. The normalized spacial score (nSPS) is 11.0. The summed E-state index contributed by atoms with van der Waals surface area (Å²) >= 11 is 0. The highest BCUT2D eigenvalue weighted by atomic mass is 16.5. The summed E-state index contributed by atoms with van der Waals surface area (Å²) in [5.41, 5.74) is 6.69. The Morgan fingerprint density at radius 3 is 2.52 bits per heavy atom. The number of aryl methyl sites for hydroxylation is 1. The van der Waals surface area contributed by atoms with Crippen molar-refractivity contribution in [1.29, 1.82) is 0 Å². The first-order valence-corrected chi connectivity index (χ1v) is 7.33. The van der Waals surface area contributed by atoms with Crippen LogP contribution in [0.4, 0.5) is 0 Å². The highest BCUT2D eigenvalue weighted by Crippen LogP contribution is 2.12. The molecule has 4 nitrogen and oxygen atoms in total. The molecule has 0 saturated heterocycles. The van der Waals surface area contributed by atoms with Crippen LogP contribution < -0.4 is 10.5 Å². The van der Waals surface area contributed by atoms with Crippen LogP contribution in [0.15, 0.2) is 40.8 Å². The van der Waals surface area contributed by atoms with Crippen molar-refractivity contribution in [2.24, 2.45) is 5.73 Å². The maximum atomic E-state index is 5.72. The van der Waals surface area contributed by atoms with E-state index in [0.717, 1.165) is 42.3 Å². The highest BCUT2D eigenvalue weighted by Gasteiger charge is 2.04. The molecule has 0 atom stereocenters. The zero-order valence-electron chi connectivity index (χ0n) is 12.8. The lowest BCUT2D eigenvalue weighted by Crippen LogP contribution is -2.20. The summed E-state index contributed by atoms with van der Waals surface area (Å²) in [5.74, 6) is 2.87. The minimum Gasteiger partial charge on any atom is -0.494 e. The number of nitrogens with zero attached hydrogens (tertiary/aromatic N) is 1. The van der Waals surface area contributed by atoms with Crippen molar-refractivity contribution >= 4 is 0 Å². The lowest BCUT2D eigenvalue weighted by Gasteiger charge is -2.15. The number of rotatable bonds is 8. The number of furan rings is 1. The van der Waals surface area contributed by atoms with E-state index in [-0.39, 0.29) is 0 Å². The molecular weight excluding hydrogens is 264 g/mol. The molecule has 0 bridgehead atoms. The molecule has 0 spiro atoms. The van der Waals surface area contributed by atoms with Gasteiger partial charge in [0.2, 0.25) is 0 Å². The van der Waals surface area contributed by atoms with Crippen LogP contribution in [-0.2, 0) is 13.1 Å². The van der Waals surface area contributed by atoms with Crippen LogP contribution in [0, 0.1) is 6.92 Å². The van der Waals surface area contributed by atoms with Crippen molar-refractivity contribution in [2.45, 2.75) is 26.4 Å². The predicted octanol–water partition coefficient (Wildman–Crippen LogP) is 2.95. The molecule has 114 valence electrons. The second kappa shape index (κ2) is 7.86. The van der Waals surface area contributed by atoms with Crippen LogP contribution in [-0.4, -0.2) is 25.1 Å². The minimum atomic E-state index is 0.567. The summed E-state index contributed by atoms with van der Waals surface area (Å²) in [6, 6.07) is 12.0. The maximum absolute atomic E-state index is 5.72. The van der Waals surface area contributed by atoms with Gasteiger partial charge in [-0.2, -0.15) is 0 Å². The molecule has 0 unspecified atom stereocenters. The number of nitrogens with two attached hydrogens (primary N) is 1. The van der Waals surface area contributed by atoms with Gasteiger partial charge in [-0.3, -0.25) is 4.90 Å². The third-order valence-corrected chi connectivity index (χ3v) is 3.33. The average molecular weight is 288 g/mol. The molecule has 4 heteroatoms. The summed E-state index contributed by atoms with van der Waals surface area (Å²) in [7, 11) is 2.09. The van der Waals surface area contributed by atoms with Gasteiger partial charge in [0.05, 0.1) is 13.2 Å². The second-order valence-electron chi connectivity index (χ2n) is 5.30. The SMILES string of the molecule is Cc1ccc(CN(C)CCCOc2ccc(CN)cc2)o1. The van der Waals surface area contributed by atoms with Gasteiger partial charge in [0.15, 0.2) is 0 Å². The van der Waals surface area contributed by atoms with E-state index in [0.29, 0.717) is 13.2 Å². The third kappa shape index (κ3) is 5.25. The van der Waals surface area contributed by atoms with Crippen LogP contribution in [0.5, 0.6) is 5.75 Å². The molecule has 0 aliphatic carbocycles. The van der Waals surface area contributed by atoms with Crippen LogP contribution in [0.3, 0.4) is 0 Å². The summed E-state index contributed by atoms with van der Waals surface area (Å²) in [5, 5.41) is 0. The first-order valence-electron chi connectivity index (χ1n) is 7.33. The minimum absolute atomic E-state index is 0.567. The van der Waals surface area contributed by atoms with Crippen molar-refractivity contribution in [2.75, 3.05) is 20.2 Å². The Hall–Kier alpha value is -1.78. The van der Waals surface area contributed by atoms with Gasteiger partial charge in [-0.15, -0.1) is 0 Å². The molecule has 0 fully saturated rings. The standard InChI is InChI=1S/C17H24N2O2/c1-14-4-7-17(21-14)13-19(2)10-3-11-20-16-8-5-15(12-18)6-9-16/h4-9H,3,10-13,18H2,1-2H3. The third-order valence-electron chi connectivity index (χ3n) is 3.33. The monoisotopic (exact) mass is 288 g/mol. The first kappa shape index (κ1) is 15.6. The van der Waals surface area contributed by atoms with Crippen LogP contribution >= 0.6 is 0 Å². The molecular formula is C17H24N2O2. The van der Waals surface area contributed by atoms with Gasteiger partial charge in [-0.1, -0.05) is 12.1 Å². The zero-order chi connectivity index (χ0) is 15.1. The van der Waals surface area contributed by atoms with Gasteiger partial charge < -0.3 is 14.9 Å². The van der Waals surface area contributed by atoms with Gasteiger partial charge in [-0.05, 0) is 50.2 Å². The van der Waals surface area contributed by atoms with Gasteiger partial charge >= 0.3 is 0 Å². The Kier molecular flexibility index (Phi) is 5.84. The molecule has 0 aliphatic heterocycles. The van der Waals surface area contributed by atoms with E-state index in [1.165, 1.54) is 0 Å². The highest BCUT2D eigenvalue weighted by molar-refractivity contribution is 5.27. The van der Waals surface area contributed by atoms with Crippen LogP contribution in [0.25, 0.3) is 0 Å². The average Bonchev–Trinajstić information content (AvgIpc) is 2.89. The van der Waals surface area contributed by atoms with E-state index < -0.39 is 0 Å². The van der Waals surface area contributed by atoms with E-state index in [1.807, 2.05) is 43.3 Å². The van der Waals surface area contributed by atoms with Crippen molar-refractivity contribution < 1.29 is 9.15 Å². The van der Waals surface area contributed by atoms with Crippen molar-refractivity contribution in [3.05, 3.63) is 53.5 Å². The van der Waals surface area contributed by atoms with Gasteiger partial charge in [-0.25, -0.2) is 0 Å². The number of hydrogen-bond acceptors (Lipinski definition) is 4. The van der Waals surface area contributed by atoms with Crippen molar-refractivity contribution in [1.82, 2.24) is 4.90 Å². The number of benzene rings is 1.